The normalized spacial score (nSPS) is 11.6. The summed E-state index contributed by atoms with van der Waals surface area (Å²) in [7, 11) is 0. The van der Waals surface area contributed by atoms with Gasteiger partial charge in [-0.1, -0.05) is 73.2 Å². The highest BCUT2D eigenvalue weighted by Gasteiger charge is 2.20. The number of thiazole rings is 1. The van der Waals surface area contributed by atoms with Crippen molar-refractivity contribution in [1.82, 2.24) is 4.98 Å². The number of thioether (sulfide) groups is 1. The molecular formula is C29H29N3O2S2. The average molecular weight is 516 g/mol. The van der Waals surface area contributed by atoms with Gasteiger partial charge in [-0.2, -0.15) is 0 Å². The van der Waals surface area contributed by atoms with E-state index >= 15 is 0 Å². The van der Waals surface area contributed by atoms with Gasteiger partial charge in [0.1, 0.15) is 0 Å². The lowest BCUT2D eigenvalue weighted by Crippen LogP contribution is -2.24. The van der Waals surface area contributed by atoms with Gasteiger partial charge in [0.25, 0.3) is 0 Å². The van der Waals surface area contributed by atoms with Gasteiger partial charge in [0, 0.05) is 21.0 Å². The summed E-state index contributed by atoms with van der Waals surface area (Å²) >= 11 is 2.97. The van der Waals surface area contributed by atoms with Crippen LogP contribution in [0.25, 0.3) is 11.3 Å². The Morgan fingerprint density at radius 2 is 1.69 bits per heavy atom. The van der Waals surface area contributed by atoms with Crippen molar-refractivity contribution < 1.29 is 9.59 Å². The van der Waals surface area contributed by atoms with Crippen LogP contribution in [0, 0.1) is 13.8 Å². The molecule has 2 N–H and O–H groups in total. The molecule has 0 radical (unpaired) electrons. The molecule has 0 bridgehead atoms. The fourth-order valence-corrected chi connectivity index (χ4v) is 5.59. The Balaban J connectivity index is 1.38. The Morgan fingerprint density at radius 3 is 2.42 bits per heavy atom. The van der Waals surface area contributed by atoms with Gasteiger partial charge in [-0.25, -0.2) is 4.98 Å². The van der Waals surface area contributed by atoms with Gasteiger partial charge in [-0.3, -0.25) is 9.59 Å². The summed E-state index contributed by atoms with van der Waals surface area (Å²) in [5.74, 6) is -0.151. The van der Waals surface area contributed by atoms with Gasteiger partial charge in [0.15, 0.2) is 5.13 Å². The van der Waals surface area contributed by atoms with Crippen LogP contribution in [0.3, 0.4) is 0 Å². The van der Waals surface area contributed by atoms with Crippen molar-refractivity contribution in [3.8, 4) is 11.3 Å². The lowest BCUT2D eigenvalue weighted by Gasteiger charge is -2.14. The molecule has 4 rings (SSSR count). The fourth-order valence-electron chi connectivity index (χ4n) is 3.74. The van der Waals surface area contributed by atoms with E-state index in [0.717, 1.165) is 32.3 Å². The number of nitrogens with zero attached hydrogens (tertiary/aromatic N) is 1. The maximum absolute atomic E-state index is 13.1. The lowest BCUT2D eigenvalue weighted by atomic mass is 10.1. The van der Waals surface area contributed by atoms with E-state index in [2.05, 4.69) is 46.8 Å². The molecule has 5 nitrogen and oxygen atoms in total. The summed E-state index contributed by atoms with van der Waals surface area (Å²) in [5, 5.41) is 6.29. The molecule has 4 aromatic rings. The highest BCUT2D eigenvalue weighted by Crippen LogP contribution is 2.32. The van der Waals surface area contributed by atoms with E-state index in [9.17, 15) is 9.59 Å². The molecule has 184 valence electrons. The van der Waals surface area contributed by atoms with Crippen molar-refractivity contribution in [1.29, 1.82) is 0 Å². The van der Waals surface area contributed by atoms with E-state index < -0.39 is 0 Å². The van der Waals surface area contributed by atoms with Crippen LogP contribution in [0.2, 0.25) is 0 Å². The van der Waals surface area contributed by atoms with Crippen molar-refractivity contribution in [3.05, 3.63) is 94.9 Å². The zero-order valence-electron chi connectivity index (χ0n) is 20.6. The average Bonchev–Trinajstić information content (AvgIpc) is 3.23. The van der Waals surface area contributed by atoms with Crippen LogP contribution in [-0.4, -0.2) is 22.0 Å². The van der Waals surface area contributed by atoms with Crippen molar-refractivity contribution in [3.63, 3.8) is 0 Å². The number of amides is 2. The van der Waals surface area contributed by atoms with Gasteiger partial charge < -0.3 is 10.6 Å². The minimum absolute atomic E-state index is 0.0725. The Labute approximate surface area is 220 Å². The Kier molecular flexibility index (Phi) is 8.57. The number of carbonyl (C=O) groups excluding carboxylic acids is 2. The number of nitrogens with one attached hydrogen (secondary N) is 2. The predicted molar refractivity (Wildman–Crippen MR) is 151 cm³/mol. The quantitative estimate of drug-likeness (QED) is 0.233. The van der Waals surface area contributed by atoms with E-state index in [1.165, 1.54) is 28.7 Å². The molecular weight excluding hydrogens is 486 g/mol. The number of carbonyl (C=O) groups is 2. The van der Waals surface area contributed by atoms with Crippen molar-refractivity contribution in [2.75, 3.05) is 10.6 Å². The molecule has 0 aliphatic rings. The fraction of sp³-hybridized carbons (Fsp3) is 0.207. The van der Waals surface area contributed by atoms with E-state index in [-0.39, 0.29) is 17.1 Å². The Bertz CT molecular complexity index is 1330. The van der Waals surface area contributed by atoms with Crippen LogP contribution in [0.15, 0.2) is 83.8 Å². The van der Waals surface area contributed by atoms with Crippen LogP contribution in [0.1, 0.15) is 29.3 Å². The largest absolute Gasteiger partial charge is 0.326 e. The van der Waals surface area contributed by atoms with Gasteiger partial charge in [-0.15, -0.1) is 23.1 Å². The molecule has 36 heavy (non-hydrogen) atoms. The summed E-state index contributed by atoms with van der Waals surface area (Å²) in [4.78, 5) is 32.2. The van der Waals surface area contributed by atoms with Crippen molar-refractivity contribution in [2.45, 2.75) is 43.8 Å². The predicted octanol–water partition coefficient (Wildman–Crippen LogP) is 7.12. The zero-order chi connectivity index (χ0) is 25.5. The van der Waals surface area contributed by atoms with Crippen LogP contribution >= 0.6 is 23.1 Å². The molecule has 1 aromatic heterocycles. The SMILES string of the molecule is CCC(Sc1cccc(NC(=O)Cc2ccccc2)c1)C(=O)Nc1nc(-c2ccc(C)cc2)c(C)s1. The van der Waals surface area contributed by atoms with Crippen LogP contribution in [0.4, 0.5) is 10.8 Å². The first-order chi connectivity index (χ1) is 17.4. The van der Waals surface area contributed by atoms with Gasteiger partial charge in [0.2, 0.25) is 11.8 Å². The molecule has 0 aliphatic heterocycles. The minimum atomic E-state index is -0.285. The van der Waals surface area contributed by atoms with Crippen LogP contribution in [-0.2, 0) is 16.0 Å². The van der Waals surface area contributed by atoms with E-state index in [1.807, 2.05) is 68.4 Å². The van der Waals surface area contributed by atoms with Crippen LogP contribution < -0.4 is 10.6 Å². The number of aryl methyl sites for hydroxylation is 2. The smallest absolute Gasteiger partial charge is 0.239 e. The van der Waals surface area contributed by atoms with E-state index in [0.29, 0.717) is 18.0 Å². The number of hydrogen-bond donors (Lipinski definition) is 2. The number of aromatic nitrogens is 1. The molecule has 0 spiro atoms. The summed E-state index contributed by atoms with van der Waals surface area (Å²) in [6, 6.07) is 25.5. The first-order valence-corrected chi connectivity index (χ1v) is 13.6. The van der Waals surface area contributed by atoms with Crippen molar-refractivity contribution in [2.24, 2.45) is 0 Å². The first-order valence-electron chi connectivity index (χ1n) is 11.9. The maximum atomic E-state index is 13.1. The van der Waals surface area contributed by atoms with Gasteiger partial charge in [0.05, 0.1) is 17.4 Å². The molecule has 7 heteroatoms. The molecule has 0 saturated carbocycles. The molecule has 1 heterocycles. The van der Waals surface area contributed by atoms with Gasteiger partial charge in [-0.05, 0) is 44.0 Å². The third-order valence-electron chi connectivity index (χ3n) is 5.62. The molecule has 0 fully saturated rings. The second-order valence-corrected chi connectivity index (χ2v) is 11.0. The monoisotopic (exact) mass is 515 g/mol. The Hall–Kier alpha value is -3.42. The first kappa shape index (κ1) is 25.7. The molecule has 0 aliphatic carbocycles. The maximum Gasteiger partial charge on any atom is 0.239 e. The zero-order valence-corrected chi connectivity index (χ0v) is 22.2. The molecule has 1 atom stereocenters. The topological polar surface area (TPSA) is 71.1 Å². The second kappa shape index (κ2) is 12.0. The molecule has 1 unspecified atom stereocenters. The summed E-state index contributed by atoms with van der Waals surface area (Å²) < 4.78 is 0. The number of benzene rings is 3. The third-order valence-corrected chi connectivity index (χ3v) is 7.86. The number of anilines is 2. The third kappa shape index (κ3) is 6.83. The van der Waals surface area contributed by atoms with E-state index in [1.54, 1.807) is 0 Å². The Morgan fingerprint density at radius 1 is 0.944 bits per heavy atom. The van der Waals surface area contributed by atoms with E-state index in [4.69, 9.17) is 0 Å². The second-order valence-electron chi connectivity index (χ2n) is 8.53. The summed E-state index contributed by atoms with van der Waals surface area (Å²) in [6.45, 7) is 6.07. The summed E-state index contributed by atoms with van der Waals surface area (Å²) in [6.07, 6.45) is 0.978. The number of rotatable bonds is 9. The molecule has 2 amide bonds. The summed E-state index contributed by atoms with van der Waals surface area (Å²) in [5.41, 5.74) is 4.82. The molecule has 3 aromatic carbocycles. The highest BCUT2D eigenvalue weighted by atomic mass is 32.2. The van der Waals surface area contributed by atoms with Crippen molar-refractivity contribution >= 4 is 45.7 Å². The van der Waals surface area contributed by atoms with Crippen LogP contribution in [0.5, 0.6) is 0 Å². The standard InChI is InChI=1S/C29H29N3O2S2/c1-4-25(28(34)32-29-31-27(20(3)35-29)22-15-13-19(2)14-16-22)36-24-12-8-11-23(18-24)30-26(33)17-21-9-6-5-7-10-21/h5-16,18,25H,4,17H2,1-3H3,(H,30,33)(H,31,32,34). The number of hydrogen-bond acceptors (Lipinski definition) is 5. The highest BCUT2D eigenvalue weighted by molar-refractivity contribution is 8.00. The molecule has 0 saturated heterocycles. The lowest BCUT2D eigenvalue weighted by molar-refractivity contribution is -0.116. The van der Waals surface area contributed by atoms with Gasteiger partial charge >= 0.3 is 0 Å². The minimum Gasteiger partial charge on any atom is -0.326 e.